The largest absolute Gasteiger partial charge is 0.509 e. The van der Waals surface area contributed by atoms with Crippen LogP contribution in [0.15, 0.2) is 36.4 Å². The van der Waals surface area contributed by atoms with Crippen LogP contribution in [0.5, 0.6) is 0 Å². The number of fused-ring (bicyclic) bond motifs is 3. The maximum atomic E-state index is 14.9. The minimum atomic E-state index is -1.15. The Balaban J connectivity index is 2.02. The number of nitrogens with zero attached hydrogens (tertiary/aromatic N) is 4. The predicted octanol–water partition coefficient (Wildman–Crippen LogP) is 8.76. The molecule has 0 unspecified atom stereocenters. The second kappa shape index (κ2) is 16.5. The van der Waals surface area contributed by atoms with E-state index in [0.717, 1.165) is 16.0 Å². The fraction of sp³-hybridized carbons (Fsp3) is 0.537. The Bertz CT molecular complexity index is 2010. The van der Waals surface area contributed by atoms with Crippen molar-refractivity contribution in [2.75, 3.05) is 18.1 Å². The van der Waals surface area contributed by atoms with E-state index < -0.39 is 40.7 Å². The zero-order valence-electron chi connectivity index (χ0n) is 34.2. The number of hydrogen-bond donors (Lipinski definition) is 1. The van der Waals surface area contributed by atoms with Crippen LogP contribution in [-0.4, -0.2) is 68.4 Å². The summed E-state index contributed by atoms with van der Waals surface area (Å²) >= 11 is 0. The second-order valence-corrected chi connectivity index (χ2v) is 17.0. The van der Waals surface area contributed by atoms with E-state index in [1.165, 1.54) is 6.07 Å². The maximum Gasteiger partial charge on any atom is 0.509 e. The van der Waals surface area contributed by atoms with Crippen molar-refractivity contribution in [2.45, 2.75) is 131 Å². The number of hydrogen-bond acceptors (Lipinski definition) is 11. The molecule has 4 rings (SSSR count). The number of pyridine rings is 1. The molecule has 55 heavy (non-hydrogen) atoms. The molecule has 0 aliphatic heterocycles. The fourth-order valence-electron chi connectivity index (χ4n) is 5.77. The highest BCUT2D eigenvalue weighted by Crippen LogP contribution is 2.36. The molecule has 13 nitrogen and oxygen atoms in total. The number of halogens is 1. The zero-order chi connectivity index (χ0) is 41.1. The summed E-state index contributed by atoms with van der Waals surface area (Å²) in [5, 5.41) is 0.614. The topological polar surface area (TPSA) is 157 Å². The van der Waals surface area contributed by atoms with Crippen molar-refractivity contribution in [3.63, 3.8) is 0 Å². The third kappa shape index (κ3) is 11.6. The first-order chi connectivity index (χ1) is 25.4. The summed E-state index contributed by atoms with van der Waals surface area (Å²) in [6.07, 6.45) is -2.10. The van der Waals surface area contributed by atoms with Crippen LogP contribution in [0.4, 0.5) is 24.6 Å². The van der Waals surface area contributed by atoms with Crippen molar-refractivity contribution in [3.8, 4) is 0 Å². The third-order valence-corrected chi connectivity index (χ3v) is 7.83. The third-order valence-electron chi connectivity index (χ3n) is 7.83. The molecule has 300 valence electrons. The van der Waals surface area contributed by atoms with Gasteiger partial charge in [0.05, 0.1) is 17.6 Å². The highest BCUT2D eigenvalue weighted by molar-refractivity contribution is 6.17. The molecule has 0 spiro atoms. The number of carbonyl (C=O) groups is 3. The Labute approximate surface area is 322 Å². The number of benzene rings is 2. The predicted molar refractivity (Wildman–Crippen MR) is 209 cm³/mol. The van der Waals surface area contributed by atoms with Gasteiger partial charge in [-0.15, -0.1) is 0 Å². The van der Waals surface area contributed by atoms with Crippen molar-refractivity contribution in [2.24, 2.45) is 5.73 Å². The quantitative estimate of drug-likeness (QED) is 0.115. The molecule has 0 saturated heterocycles. The van der Waals surface area contributed by atoms with Crippen molar-refractivity contribution in [1.29, 1.82) is 0 Å². The summed E-state index contributed by atoms with van der Waals surface area (Å²) in [5.41, 5.74) is 4.85. The smallest absolute Gasteiger partial charge is 0.443 e. The molecule has 4 aromatic rings. The summed E-state index contributed by atoms with van der Waals surface area (Å²) in [4.78, 5) is 51.4. The number of aromatic nitrogens is 3. The highest BCUT2D eigenvalue weighted by Gasteiger charge is 2.37. The SMILES string of the molecule is CCOCc1nc2c(N(C(=O)OC(C)(C)C)C(=O)OC(C)(C)C)nc3cc(Cc4ccc(CCN)c(F)c4)ccc3c2n1CC(C)(C)OC(=O)OC(C)(C)C. The molecule has 0 saturated carbocycles. The summed E-state index contributed by atoms with van der Waals surface area (Å²) in [7, 11) is 0. The Kier molecular flexibility index (Phi) is 12.9. The highest BCUT2D eigenvalue weighted by atomic mass is 19.1. The van der Waals surface area contributed by atoms with Gasteiger partial charge in [0.15, 0.2) is 5.82 Å². The van der Waals surface area contributed by atoms with E-state index in [9.17, 15) is 18.8 Å². The normalized spacial score (nSPS) is 12.5. The average Bonchev–Trinajstić information content (AvgIpc) is 3.35. The Morgan fingerprint density at radius 1 is 0.800 bits per heavy atom. The standard InChI is InChI=1S/C41H56FN5O8/c1-13-51-23-31-45-32-33(46(31)24-41(11,12)55-37(50)54-40(8,9)10)28-17-15-26(20-25-14-16-27(18-19-43)29(42)21-25)22-30(28)44-34(32)47(35(48)52-38(2,3)4)36(49)53-39(5,6)7/h14-17,21-22H,13,18-20,23-24,43H2,1-12H3. The van der Waals surface area contributed by atoms with Gasteiger partial charge in [0.2, 0.25) is 0 Å². The number of nitrogens with two attached hydrogens (primary N) is 1. The van der Waals surface area contributed by atoms with Gasteiger partial charge in [0, 0.05) is 12.0 Å². The zero-order valence-corrected chi connectivity index (χ0v) is 34.2. The molecule has 2 amide bonds. The fourth-order valence-corrected chi connectivity index (χ4v) is 5.77. The van der Waals surface area contributed by atoms with Gasteiger partial charge in [-0.05, 0) is 131 Å². The summed E-state index contributed by atoms with van der Waals surface area (Å²) in [6, 6.07) is 10.7. The van der Waals surface area contributed by atoms with Gasteiger partial charge >= 0.3 is 18.3 Å². The molecule has 0 aliphatic rings. The number of imide groups is 1. The van der Waals surface area contributed by atoms with E-state index in [1.54, 1.807) is 82.2 Å². The molecule has 0 fully saturated rings. The Hall–Kier alpha value is -4.82. The van der Waals surface area contributed by atoms with Gasteiger partial charge in [-0.2, -0.15) is 4.90 Å². The molecule has 2 aromatic heterocycles. The van der Waals surface area contributed by atoms with Gasteiger partial charge in [-0.3, -0.25) is 0 Å². The number of anilines is 1. The molecule has 2 N–H and O–H groups in total. The lowest BCUT2D eigenvalue weighted by atomic mass is 10.0. The van der Waals surface area contributed by atoms with Crippen LogP contribution in [0.1, 0.15) is 106 Å². The number of carbonyl (C=O) groups excluding carboxylic acids is 3. The van der Waals surface area contributed by atoms with Gasteiger partial charge in [-0.1, -0.05) is 24.3 Å². The van der Waals surface area contributed by atoms with Crippen LogP contribution in [0.3, 0.4) is 0 Å². The number of rotatable bonds is 11. The van der Waals surface area contributed by atoms with Crippen LogP contribution in [0, 0.1) is 5.82 Å². The van der Waals surface area contributed by atoms with Crippen molar-refractivity contribution in [3.05, 3.63) is 64.7 Å². The first-order valence-electron chi connectivity index (χ1n) is 18.4. The molecule has 0 radical (unpaired) electrons. The molecular formula is C41H56FN5O8. The molecule has 0 bridgehead atoms. The maximum absolute atomic E-state index is 14.9. The van der Waals surface area contributed by atoms with Crippen LogP contribution in [0.2, 0.25) is 0 Å². The van der Waals surface area contributed by atoms with E-state index in [1.807, 2.05) is 35.8 Å². The molecule has 0 atom stereocenters. The van der Waals surface area contributed by atoms with Crippen LogP contribution >= 0.6 is 0 Å². The van der Waals surface area contributed by atoms with Gasteiger partial charge in [0.1, 0.15) is 46.2 Å². The number of ether oxygens (including phenoxy) is 5. The number of amides is 2. The second-order valence-electron chi connectivity index (χ2n) is 17.0. The van der Waals surface area contributed by atoms with E-state index in [-0.39, 0.29) is 30.3 Å². The monoisotopic (exact) mass is 765 g/mol. The summed E-state index contributed by atoms with van der Waals surface area (Å²) < 4.78 is 45.3. The Morgan fingerprint density at radius 2 is 1.38 bits per heavy atom. The first-order valence-corrected chi connectivity index (χ1v) is 18.4. The van der Waals surface area contributed by atoms with E-state index >= 15 is 0 Å². The van der Waals surface area contributed by atoms with Crippen LogP contribution in [-0.2, 0) is 49.7 Å². The van der Waals surface area contributed by atoms with Crippen LogP contribution < -0.4 is 10.6 Å². The summed E-state index contributed by atoms with van der Waals surface area (Å²) in [6.45, 7) is 21.4. The molecule has 2 aromatic carbocycles. The van der Waals surface area contributed by atoms with Gasteiger partial charge in [-0.25, -0.2) is 28.7 Å². The lowest BCUT2D eigenvalue weighted by molar-refractivity contribution is -0.0584. The summed E-state index contributed by atoms with van der Waals surface area (Å²) in [5.74, 6) is -0.0559. The number of imidazole rings is 1. The van der Waals surface area contributed by atoms with Crippen molar-refractivity contribution < 1.29 is 42.5 Å². The van der Waals surface area contributed by atoms with E-state index in [4.69, 9.17) is 39.4 Å². The lowest BCUT2D eigenvalue weighted by Gasteiger charge is -2.29. The molecule has 14 heteroatoms. The van der Waals surface area contributed by atoms with Gasteiger partial charge < -0.3 is 34.0 Å². The van der Waals surface area contributed by atoms with E-state index in [2.05, 4.69) is 0 Å². The minimum Gasteiger partial charge on any atom is -0.443 e. The minimum absolute atomic E-state index is 0.0390. The Morgan fingerprint density at radius 3 is 1.93 bits per heavy atom. The van der Waals surface area contributed by atoms with Crippen molar-refractivity contribution >= 4 is 46.1 Å². The van der Waals surface area contributed by atoms with Crippen molar-refractivity contribution in [1.82, 2.24) is 14.5 Å². The molecule has 0 aliphatic carbocycles. The van der Waals surface area contributed by atoms with Crippen LogP contribution in [0.25, 0.3) is 21.9 Å². The molecular weight excluding hydrogens is 709 g/mol. The average molecular weight is 766 g/mol. The molecule has 2 heterocycles. The first kappa shape index (κ1) is 42.9. The lowest BCUT2D eigenvalue weighted by Crippen LogP contribution is -2.44. The van der Waals surface area contributed by atoms with Gasteiger partial charge in [0.25, 0.3) is 0 Å². The van der Waals surface area contributed by atoms with E-state index in [0.29, 0.717) is 53.8 Å².